The van der Waals surface area contributed by atoms with Crippen molar-refractivity contribution in [3.05, 3.63) is 0 Å². The first-order chi connectivity index (χ1) is 5.66. The van der Waals surface area contributed by atoms with Gasteiger partial charge in [0.25, 0.3) is 0 Å². The van der Waals surface area contributed by atoms with E-state index < -0.39 is 12.2 Å². The van der Waals surface area contributed by atoms with E-state index in [2.05, 4.69) is 24.4 Å². The van der Waals surface area contributed by atoms with Gasteiger partial charge < -0.3 is 20.0 Å². The van der Waals surface area contributed by atoms with Crippen molar-refractivity contribution >= 4 is 30.8 Å². The summed E-state index contributed by atoms with van der Waals surface area (Å²) in [6.45, 7) is 0. The number of carbonyl (C=O) groups excluding carboxylic acids is 2. The van der Waals surface area contributed by atoms with E-state index in [1.807, 2.05) is 0 Å². The Morgan fingerprint density at radius 3 is 2.83 bits per heavy atom. The Labute approximate surface area is 72.6 Å². The summed E-state index contributed by atoms with van der Waals surface area (Å²) in [5.41, 5.74) is 4.58. The molecule has 0 saturated carbocycles. The Balaban J connectivity index is 3.36. The molecule has 0 aliphatic heterocycles. The van der Waals surface area contributed by atoms with E-state index in [1.54, 1.807) is 0 Å². The topological polar surface area (TPSA) is 103 Å². The highest BCUT2D eigenvalue weighted by atomic mass is 32.2. The zero-order chi connectivity index (χ0) is 9.40. The average molecular weight is 193 g/mol. The lowest BCUT2D eigenvalue weighted by Crippen LogP contribution is -2.15. The van der Waals surface area contributed by atoms with Crippen LogP contribution in [0.4, 0.5) is 9.59 Å². The van der Waals surface area contributed by atoms with Crippen molar-refractivity contribution in [3.63, 3.8) is 0 Å². The Hall–Kier alpha value is -1.44. The van der Waals surface area contributed by atoms with Gasteiger partial charge >= 0.3 is 12.2 Å². The van der Waals surface area contributed by atoms with Gasteiger partial charge in [-0.3, -0.25) is 0 Å². The first-order valence-electron chi connectivity index (χ1n) is 2.70. The number of amides is 2. The molecular formula is C4H7N3O4S. The minimum atomic E-state index is -0.987. The van der Waals surface area contributed by atoms with Crippen LogP contribution in [0.1, 0.15) is 0 Å². The van der Waals surface area contributed by atoms with Crippen LogP contribution in [-0.4, -0.2) is 25.6 Å². The van der Waals surface area contributed by atoms with Gasteiger partial charge in [-0.15, -0.1) is 4.40 Å². The van der Waals surface area contributed by atoms with E-state index in [9.17, 15) is 9.59 Å². The van der Waals surface area contributed by atoms with Crippen LogP contribution in [0.3, 0.4) is 0 Å². The Kier molecular flexibility index (Phi) is 5.53. The molecule has 0 aliphatic rings. The molecule has 0 rings (SSSR count). The van der Waals surface area contributed by atoms with E-state index in [0.29, 0.717) is 12.2 Å². The summed E-state index contributed by atoms with van der Waals surface area (Å²) in [7, 11) is 1.40. The number of ether oxygens (including phenoxy) is 1. The van der Waals surface area contributed by atoms with Gasteiger partial charge in [0.05, 0.1) is 0 Å². The van der Waals surface area contributed by atoms with Crippen molar-refractivity contribution in [1.29, 1.82) is 0 Å². The number of hydrogen-bond donors (Lipinski definition) is 2. The molecule has 0 unspecified atom stereocenters. The number of nitrogens with two attached hydrogens (primary N) is 1. The van der Waals surface area contributed by atoms with Crippen LogP contribution < -0.4 is 11.1 Å². The van der Waals surface area contributed by atoms with Crippen LogP contribution in [0, 0.1) is 0 Å². The van der Waals surface area contributed by atoms with E-state index in [-0.39, 0.29) is 0 Å². The summed E-state index contributed by atoms with van der Waals surface area (Å²) in [6.07, 6.45) is -0.883. The minimum absolute atomic E-state index is 0.453. The fraction of sp³-hybridized carbons (Fsp3) is 0.250. The lowest BCUT2D eigenvalue weighted by molar-refractivity contribution is 0.210. The molecule has 0 aliphatic carbocycles. The molecule has 0 saturated heterocycles. The smallest absolute Gasteiger partial charge is 0.398 e. The number of hydrogen-bond acceptors (Lipinski definition) is 6. The zero-order valence-electron chi connectivity index (χ0n) is 6.14. The fourth-order valence-corrected chi connectivity index (χ4v) is 0.460. The monoisotopic (exact) mass is 193 g/mol. The molecule has 0 spiro atoms. The van der Waals surface area contributed by atoms with Crippen LogP contribution in [0.5, 0.6) is 0 Å². The first kappa shape index (κ1) is 10.6. The molecule has 12 heavy (non-hydrogen) atoms. The number of carbonyl (C=O) groups is 2. The lowest BCUT2D eigenvalue weighted by atomic mass is 11.1. The van der Waals surface area contributed by atoms with E-state index in [0.717, 1.165) is 6.40 Å². The standard InChI is InChI=1S/C4H7N3O4S/c1-6-4(9)11-12-7-2-10-3(5)8/h2H,1H3,(H2,5,8)(H,6,9). The molecule has 0 bridgehead atoms. The highest BCUT2D eigenvalue weighted by Gasteiger charge is 1.95. The van der Waals surface area contributed by atoms with Crippen LogP contribution >= 0.6 is 12.2 Å². The van der Waals surface area contributed by atoms with Crippen molar-refractivity contribution < 1.29 is 18.5 Å². The molecule has 0 aromatic carbocycles. The first-order valence-corrected chi connectivity index (χ1v) is 3.40. The van der Waals surface area contributed by atoms with E-state index >= 15 is 0 Å². The summed E-state index contributed by atoms with van der Waals surface area (Å²) >= 11 is 0.453. The van der Waals surface area contributed by atoms with Gasteiger partial charge in [-0.25, -0.2) is 9.59 Å². The molecular weight excluding hydrogens is 186 g/mol. The number of rotatable bonds is 3. The largest absolute Gasteiger partial charge is 0.420 e. The fourth-order valence-electron chi connectivity index (χ4n) is 0.188. The zero-order valence-corrected chi connectivity index (χ0v) is 6.96. The van der Waals surface area contributed by atoms with Crippen molar-refractivity contribution in [3.8, 4) is 0 Å². The quantitative estimate of drug-likeness (QED) is 0.285. The SMILES string of the molecule is CNC(=O)OSN=COC(N)=O. The molecule has 0 heterocycles. The summed E-state index contributed by atoms with van der Waals surface area (Å²) in [6, 6.07) is 0. The van der Waals surface area contributed by atoms with Gasteiger partial charge in [-0.2, -0.15) is 0 Å². The molecule has 3 N–H and O–H groups in total. The molecule has 8 heteroatoms. The van der Waals surface area contributed by atoms with Crippen LogP contribution in [0.2, 0.25) is 0 Å². The lowest BCUT2D eigenvalue weighted by Gasteiger charge is -1.94. The van der Waals surface area contributed by atoms with Crippen LogP contribution in [-0.2, 0) is 8.92 Å². The molecule has 68 valence electrons. The van der Waals surface area contributed by atoms with Gasteiger partial charge in [0.2, 0.25) is 12.2 Å². The summed E-state index contributed by atoms with van der Waals surface area (Å²) in [5.74, 6) is 0. The maximum atomic E-state index is 10.3. The maximum absolute atomic E-state index is 10.3. The second-order valence-electron chi connectivity index (χ2n) is 1.34. The second kappa shape index (κ2) is 6.28. The highest BCUT2D eigenvalue weighted by Crippen LogP contribution is 2.02. The predicted octanol–water partition coefficient (Wildman–Crippen LogP) is 0.0292. The van der Waals surface area contributed by atoms with Crippen LogP contribution in [0.25, 0.3) is 0 Å². The van der Waals surface area contributed by atoms with Crippen molar-refractivity contribution in [2.24, 2.45) is 10.1 Å². The number of primary amides is 1. The maximum Gasteiger partial charge on any atom is 0.420 e. The van der Waals surface area contributed by atoms with Crippen molar-refractivity contribution in [2.45, 2.75) is 0 Å². The predicted molar refractivity (Wildman–Crippen MR) is 42.3 cm³/mol. The summed E-state index contributed by atoms with van der Waals surface area (Å²) in [4.78, 5) is 20.3. The molecule has 2 amide bonds. The van der Waals surface area contributed by atoms with E-state index in [4.69, 9.17) is 0 Å². The van der Waals surface area contributed by atoms with E-state index in [1.165, 1.54) is 7.05 Å². The third kappa shape index (κ3) is 6.68. The third-order valence-corrected chi connectivity index (χ3v) is 0.970. The average Bonchev–Trinajstić information content (AvgIpc) is 2.03. The van der Waals surface area contributed by atoms with Gasteiger partial charge in [0.15, 0.2) is 6.40 Å². The minimum Gasteiger partial charge on any atom is -0.398 e. The van der Waals surface area contributed by atoms with Gasteiger partial charge in [-0.1, -0.05) is 0 Å². The normalized spacial score (nSPS) is 9.42. The summed E-state index contributed by atoms with van der Waals surface area (Å²) in [5, 5.41) is 2.18. The van der Waals surface area contributed by atoms with Crippen molar-refractivity contribution in [1.82, 2.24) is 5.32 Å². The second-order valence-corrected chi connectivity index (χ2v) is 1.87. The number of nitrogens with zero attached hydrogens (tertiary/aromatic N) is 1. The molecule has 0 aromatic heterocycles. The van der Waals surface area contributed by atoms with Gasteiger partial charge in [0, 0.05) is 7.05 Å². The molecule has 0 fully saturated rings. The highest BCUT2D eigenvalue weighted by molar-refractivity contribution is 7.93. The molecule has 0 aromatic rings. The molecule has 7 nitrogen and oxygen atoms in total. The third-order valence-electron chi connectivity index (χ3n) is 0.572. The van der Waals surface area contributed by atoms with Gasteiger partial charge in [0.1, 0.15) is 0 Å². The Morgan fingerprint density at radius 1 is 1.67 bits per heavy atom. The van der Waals surface area contributed by atoms with Crippen LogP contribution in [0.15, 0.2) is 4.40 Å². The molecule has 0 atom stereocenters. The Bertz CT molecular complexity index is 195. The number of nitrogens with one attached hydrogen (secondary N) is 1. The van der Waals surface area contributed by atoms with Crippen molar-refractivity contribution in [2.75, 3.05) is 7.05 Å². The molecule has 0 radical (unpaired) electrons. The Morgan fingerprint density at radius 2 is 2.33 bits per heavy atom. The summed E-state index contributed by atoms with van der Waals surface area (Å²) < 4.78 is 11.7. The van der Waals surface area contributed by atoms with Gasteiger partial charge in [-0.05, 0) is 0 Å².